The SMILES string of the molecule is CCCCCC(C)N1C(C)(C)CC(N)CC1(C)C. The smallest absolute Gasteiger partial charge is 0.0176 e. The zero-order chi connectivity index (χ0) is 14.0. The van der Waals surface area contributed by atoms with Gasteiger partial charge < -0.3 is 5.73 Å². The van der Waals surface area contributed by atoms with Crippen molar-refractivity contribution in [3.63, 3.8) is 0 Å². The predicted octanol–water partition coefficient (Wildman–Crippen LogP) is 3.94. The van der Waals surface area contributed by atoms with Gasteiger partial charge in [-0.25, -0.2) is 0 Å². The molecule has 1 saturated heterocycles. The molecule has 1 rings (SSSR count). The Balaban J connectivity index is 2.75. The summed E-state index contributed by atoms with van der Waals surface area (Å²) in [4.78, 5) is 2.74. The van der Waals surface area contributed by atoms with Gasteiger partial charge in [0.1, 0.15) is 0 Å². The first-order valence-electron chi connectivity index (χ1n) is 7.76. The van der Waals surface area contributed by atoms with Crippen LogP contribution in [0.15, 0.2) is 0 Å². The molecule has 1 heterocycles. The molecule has 1 atom stereocenters. The summed E-state index contributed by atoms with van der Waals surface area (Å²) in [5.74, 6) is 0. The topological polar surface area (TPSA) is 29.3 Å². The fourth-order valence-corrected chi connectivity index (χ4v) is 4.38. The van der Waals surface area contributed by atoms with E-state index in [0.29, 0.717) is 12.1 Å². The Labute approximate surface area is 114 Å². The minimum Gasteiger partial charge on any atom is -0.328 e. The number of nitrogens with zero attached hydrogens (tertiary/aromatic N) is 1. The highest BCUT2D eigenvalue weighted by Gasteiger charge is 2.45. The second kappa shape index (κ2) is 5.92. The molecule has 0 bridgehead atoms. The first-order valence-corrected chi connectivity index (χ1v) is 7.76. The van der Waals surface area contributed by atoms with Crippen LogP contribution in [0.3, 0.4) is 0 Å². The van der Waals surface area contributed by atoms with Crippen LogP contribution < -0.4 is 5.73 Å². The summed E-state index contributed by atoms with van der Waals surface area (Å²) < 4.78 is 0. The maximum absolute atomic E-state index is 6.24. The van der Waals surface area contributed by atoms with Gasteiger partial charge in [0.2, 0.25) is 0 Å². The normalized spacial score (nSPS) is 26.2. The summed E-state index contributed by atoms with van der Waals surface area (Å²) in [5.41, 5.74) is 6.70. The van der Waals surface area contributed by atoms with Crippen LogP contribution in [0.1, 0.15) is 80.1 Å². The molecule has 108 valence electrons. The van der Waals surface area contributed by atoms with E-state index in [1.54, 1.807) is 0 Å². The Kier molecular flexibility index (Phi) is 5.25. The van der Waals surface area contributed by atoms with Crippen molar-refractivity contribution in [1.29, 1.82) is 0 Å². The van der Waals surface area contributed by atoms with Gasteiger partial charge in [-0.15, -0.1) is 0 Å². The van der Waals surface area contributed by atoms with Crippen LogP contribution in [0.4, 0.5) is 0 Å². The van der Waals surface area contributed by atoms with E-state index in [4.69, 9.17) is 5.73 Å². The minimum atomic E-state index is 0.229. The van der Waals surface area contributed by atoms with E-state index >= 15 is 0 Å². The van der Waals surface area contributed by atoms with E-state index in [9.17, 15) is 0 Å². The Morgan fingerprint density at radius 3 is 2.06 bits per heavy atom. The van der Waals surface area contributed by atoms with E-state index in [0.717, 1.165) is 12.8 Å². The second-order valence-corrected chi connectivity index (χ2v) is 7.51. The molecule has 1 aliphatic rings. The van der Waals surface area contributed by atoms with Crippen LogP contribution in [0, 0.1) is 0 Å². The molecule has 1 aliphatic heterocycles. The molecule has 2 N–H and O–H groups in total. The summed E-state index contributed by atoms with van der Waals surface area (Å²) in [6, 6.07) is 1.02. The zero-order valence-corrected chi connectivity index (χ0v) is 13.4. The highest BCUT2D eigenvalue weighted by atomic mass is 15.3. The number of nitrogens with two attached hydrogens (primary N) is 1. The quantitative estimate of drug-likeness (QED) is 0.753. The maximum Gasteiger partial charge on any atom is 0.0176 e. The van der Waals surface area contributed by atoms with Crippen molar-refractivity contribution in [1.82, 2.24) is 4.90 Å². The van der Waals surface area contributed by atoms with Crippen LogP contribution >= 0.6 is 0 Å². The third kappa shape index (κ3) is 3.71. The first-order chi connectivity index (χ1) is 8.20. The van der Waals surface area contributed by atoms with E-state index in [1.165, 1.54) is 25.7 Å². The summed E-state index contributed by atoms with van der Waals surface area (Å²) >= 11 is 0. The summed E-state index contributed by atoms with van der Waals surface area (Å²) in [7, 11) is 0. The average molecular weight is 254 g/mol. The van der Waals surface area contributed by atoms with Crippen LogP contribution in [-0.2, 0) is 0 Å². The number of hydrogen-bond acceptors (Lipinski definition) is 2. The third-order valence-electron chi connectivity index (χ3n) is 4.49. The number of unbranched alkanes of at least 4 members (excludes halogenated alkanes) is 2. The van der Waals surface area contributed by atoms with E-state index < -0.39 is 0 Å². The summed E-state index contributed by atoms with van der Waals surface area (Å²) in [6.45, 7) is 14.1. The van der Waals surface area contributed by atoms with Crippen LogP contribution in [0.2, 0.25) is 0 Å². The van der Waals surface area contributed by atoms with Gasteiger partial charge in [-0.05, 0) is 53.9 Å². The standard InChI is InChI=1S/C16H34N2/c1-7-8-9-10-13(2)18-15(3,4)11-14(17)12-16(18,5)6/h13-14H,7-12,17H2,1-6H3. The molecule has 1 unspecified atom stereocenters. The molecule has 0 saturated carbocycles. The van der Waals surface area contributed by atoms with Gasteiger partial charge in [0.25, 0.3) is 0 Å². The molecular formula is C16H34N2. The lowest BCUT2D eigenvalue weighted by Crippen LogP contribution is -2.65. The molecule has 2 heteroatoms. The molecule has 0 spiro atoms. The molecule has 0 aromatic rings. The fourth-order valence-electron chi connectivity index (χ4n) is 4.38. The van der Waals surface area contributed by atoms with Crippen molar-refractivity contribution in [2.24, 2.45) is 5.73 Å². The van der Waals surface area contributed by atoms with E-state index in [2.05, 4.69) is 46.4 Å². The summed E-state index contributed by atoms with van der Waals surface area (Å²) in [6.07, 6.45) is 7.58. The Morgan fingerprint density at radius 2 is 1.61 bits per heavy atom. The van der Waals surface area contributed by atoms with Gasteiger partial charge in [-0.1, -0.05) is 26.2 Å². The van der Waals surface area contributed by atoms with Crippen molar-refractivity contribution in [3.05, 3.63) is 0 Å². The van der Waals surface area contributed by atoms with Gasteiger partial charge in [0.15, 0.2) is 0 Å². The molecule has 0 amide bonds. The van der Waals surface area contributed by atoms with E-state index in [1.807, 2.05) is 0 Å². The Bertz CT molecular complexity index is 240. The molecule has 0 radical (unpaired) electrons. The highest BCUT2D eigenvalue weighted by Crippen LogP contribution is 2.40. The third-order valence-corrected chi connectivity index (χ3v) is 4.49. The molecule has 0 aromatic carbocycles. The second-order valence-electron chi connectivity index (χ2n) is 7.51. The predicted molar refractivity (Wildman–Crippen MR) is 80.8 cm³/mol. The first kappa shape index (κ1) is 16.0. The van der Waals surface area contributed by atoms with Gasteiger partial charge >= 0.3 is 0 Å². The molecule has 0 aliphatic carbocycles. The van der Waals surface area contributed by atoms with Gasteiger partial charge in [0, 0.05) is 23.2 Å². The number of likely N-dealkylation sites (tertiary alicyclic amines) is 1. The van der Waals surface area contributed by atoms with Crippen LogP contribution in [0.25, 0.3) is 0 Å². The Hall–Kier alpha value is -0.0800. The van der Waals surface area contributed by atoms with Gasteiger partial charge in [-0.3, -0.25) is 4.90 Å². The number of piperidine rings is 1. The summed E-state index contributed by atoms with van der Waals surface area (Å²) in [5, 5.41) is 0. The molecule has 18 heavy (non-hydrogen) atoms. The number of hydrogen-bond donors (Lipinski definition) is 1. The lowest BCUT2D eigenvalue weighted by Gasteiger charge is -2.57. The Morgan fingerprint density at radius 1 is 1.11 bits per heavy atom. The van der Waals surface area contributed by atoms with Crippen molar-refractivity contribution >= 4 is 0 Å². The number of rotatable bonds is 5. The van der Waals surface area contributed by atoms with Gasteiger partial charge in [0.05, 0.1) is 0 Å². The van der Waals surface area contributed by atoms with E-state index in [-0.39, 0.29) is 11.1 Å². The fraction of sp³-hybridized carbons (Fsp3) is 1.00. The van der Waals surface area contributed by atoms with Crippen molar-refractivity contribution in [2.75, 3.05) is 0 Å². The molecule has 0 aromatic heterocycles. The maximum atomic E-state index is 6.24. The highest BCUT2D eigenvalue weighted by molar-refractivity contribution is 5.03. The largest absolute Gasteiger partial charge is 0.328 e. The van der Waals surface area contributed by atoms with Crippen LogP contribution in [-0.4, -0.2) is 28.1 Å². The van der Waals surface area contributed by atoms with Gasteiger partial charge in [-0.2, -0.15) is 0 Å². The lowest BCUT2D eigenvalue weighted by molar-refractivity contribution is -0.0653. The average Bonchev–Trinajstić information content (AvgIpc) is 2.12. The molecular weight excluding hydrogens is 220 g/mol. The zero-order valence-electron chi connectivity index (χ0n) is 13.4. The van der Waals surface area contributed by atoms with Crippen LogP contribution in [0.5, 0.6) is 0 Å². The molecule has 2 nitrogen and oxygen atoms in total. The van der Waals surface area contributed by atoms with Crippen molar-refractivity contribution in [2.45, 2.75) is 103 Å². The van der Waals surface area contributed by atoms with Crippen molar-refractivity contribution in [3.8, 4) is 0 Å². The molecule has 1 fully saturated rings. The minimum absolute atomic E-state index is 0.229. The lowest BCUT2D eigenvalue weighted by atomic mass is 9.76. The van der Waals surface area contributed by atoms with Crippen molar-refractivity contribution < 1.29 is 0 Å². The monoisotopic (exact) mass is 254 g/mol.